The van der Waals surface area contributed by atoms with Crippen molar-refractivity contribution in [1.82, 2.24) is 15.4 Å². The van der Waals surface area contributed by atoms with Crippen LogP contribution in [0.4, 0.5) is 0 Å². The van der Waals surface area contributed by atoms with Crippen LogP contribution in [-0.4, -0.2) is 28.1 Å². The van der Waals surface area contributed by atoms with Crippen LogP contribution in [0.5, 0.6) is 0 Å². The van der Waals surface area contributed by atoms with E-state index in [-0.39, 0.29) is 11.8 Å². The number of nitrogens with one attached hydrogen (secondary N) is 2. The topological polar surface area (TPSA) is 83.4 Å². The number of hydroxylamine groups is 1. The van der Waals surface area contributed by atoms with E-state index in [9.17, 15) is 9.59 Å². The molecule has 0 saturated carbocycles. The van der Waals surface area contributed by atoms with Gasteiger partial charge in [-0.3, -0.25) is 14.8 Å². The van der Waals surface area contributed by atoms with Crippen LogP contribution in [0.2, 0.25) is 0 Å². The Morgan fingerprint density at radius 2 is 2.15 bits per heavy atom. The molecule has 0 aromatic carbocycles. The lowest BCUT2D eigenvalue weighted by Crippen LogP contribution is -2.22. The lowest BCUT2D eigenvalue weighted by molar-refractivity contribution is -0.129. The molecule has 0 aliphatic heterocycles. The molecule has 0 spiro atoms. The molecule has 1 rings (SSSR count). The van der Waals surface area contributed by atoms with E-state index in [4.69, 9.17) is 5.21 Å². The summed E-state index contributed by atoms with van der Waals surface area (Å²) in [6, 6.07) is 3.84. The average molecular weight is 279 g/mol. The van der Waals surface area contributed by atoms with E-state index < -0.39 is 0 Å². The molecule has 0 unspecified atom stereocenters. The maximum absolute atomic E-state index is 11.5. The van der Waals surface area contributed by atoms with Crippen molar-refractivity contribution in [1.29, 1.82) is 0 Å². The third kappa shape index (κ3) is 6.19. The molecule has 0 bridgehead atoms. The van der Waals surface area contributed by atoms with Crippen LogP contribution in [0.15, 0.2) is 24.4 Å². The Labute approximate surface area is 118 Å². The molecular formula is C14H21N3O3. The van der Waals surface area contributed by atoms with Crippen molar-refractivity contribution in [3.63, 3.8) is 0 Å². The second-order valence-corrected chi connectivity index (χ2v) is 4.51. The summed E-state index contributed by atoms with van der Waals surface area (Å²) in [5.74, 6) is -0.501. The Morgan fingerprint density at radius 3 is 2.80 bits per heavy atom. The summed E-state index contributed by atoms with van der Waals surface area (Å²) in [6.07, 6.45) is 7.83. The van der Waals surface area contributed by atoms with Gasteiger partial charge in [-0.05, 0) is 31.1 Å². The molecule has 0 aliphatic carbocycles. The van der Waals surface area contributed by atoms with Gasteiger partial charge >= 0.3 is 0 Å². The van der Waals surface area contributed by atoms with Crippen molar-refractivity contribution >= 4 is 17.9 Å². The zero-order valence-electron chi connectivity index (χ0n) is 11.6. The minimum absolute atomic E-state index is 0.126. The highest BCUT2D eigenvalue weighted by atomic mass is 16.5. The molecule has 6 nitrogen and oxygen atoms in total. The first-order chi connectivity index (χ1) is 9.63. The van der Waals surface area contributed by atoms with Crippen LogP contribution in [-0.2, 0) is 16.6 Å². The number of hydrogen-bond acceptors (Lipinski definition) is 3. The summed E-state index contributed by atoms with van der Waals surface area (Å²) in [7, 11) is 1.92. The molecule has 1 aromatic rings. The highest BCUT2D eigenvalue weighted by Crippen LogP contribution is 2.02. The van der Waals surface area contributed by atoms with Crippen LogP contribution < -0.4 is 10.8 Å². The molecule has 0 atom stereocenters. The maximum Gasteiger partial charge on any atom is 0.244 e. The van der Waals surface area contributed by atoms with Crippen LogP contribution in [0, 0.1) is 0 Å². The fraction of sp³-hybridized carbons (Fsp3) is 0.429. The Bertz CT molecular complexity index is 466. The first-order valence-electron chi connectivity index (χ1n) is 6.63. The minimum Gasteiger partial charge on any atom is -0.353 e. The van der Waals surface area contributed by atoms with Gasteiger partial charge in [0.15, 0.2) is 0 Å². The summed E-state index contributed by atoms with van der Waals surface area (Å²) in [5.41, 5.74) is 2.56. The van der Waals surface area contributed by atoms with Gasteiger partial charge in [-0.25, -0.2) is 5.48 Å². The molecular weight excluding hydrogens is 258 g/mol. The van der Waals surface area contributed by atoms with Gasteiger partial charge in [0.05, 0.1) is 0 Å². The fourth-order valence-corrected chi connectivity index (χ4v) is 1.72. The van der Waals surface area contributed by atoms with E-state index in [2.05, 4.69) is 5.32 Å². The third-order valence-electron chi connectivity index (χ3n) is 2.89. The highest BCUT2D eigenvalue weighted by Gasteiger charge is 1.99. The lowest BCUT2D eigenvalue weighted by Gasteiger charge is -2.02. The number of hydrogen-bond donors (Lipinski definition) is 3. The first kappa shape index (κ1) is 16.0. The van der Waals surface area contributed by atoms with Gasteiger partial charge in [-0.2, -0.15) is 0 Å². The van der Waals surface area contributed by atoms with Gasteiger partial charge in [-0.15, -0.1) is 0 Å². The average Bonchev–Trinajstić information content (AvgIpc) is 2.85. The number of aromatic nitrogens is 1. The van der Waals surface area contributed by atoms with E-state index in [1.165, 1.54) is 6.08 Å². The molecule has 110 valence electrons. The second kappa shape index (κ2) is 8.92. The minimum atomic E-state index is -0.375. The molecule has 0 radical (unpaired) electrons. The summed E-state index contributed by atoms with van der Waals surface area (Å²) in [6.45, 7) is 0.580. The number of carbonyl (C=O) groups excluding carboxylic acids is 2. The van der Waals surface area contributed by atoms with E-state index in [1.54, 1.807) is 11.6 Å². The summed E-state index contributed by atoms with van der Waals surface area (Å²) < 4.78 is 1.93. The van der Waals surface area contributed by atoms with Crippen LogP contribution in [0.1, 0.15) is 31.4 Å². The molecule has 6 heteroatoms. The van der Waals surface area contributed by atoms with Gasteiger partial charge in [0.2, 0.25) is 11.8 Å². The van der Waals surface area contributed by atoms with E-state index in [0.29, 0.717) is 19.4 Å². The number of carbonyl (C=O) groups is 2. The fourth-order valence-electron chi connectivity index (χ4n) is 1.72. The van der Waals surface area contributed by atoms with Gasteiger partial charge in [0.1, 0.15) is 0 Å². The third-order valence-corrected chi connectivity index (χ3v) is 2.89. The van der Waals surface area contributed by atoms with Crippen LogP contribution in [0.3, 0.4) is 0 Å². The van der Waals surface area contributed by atoms with Crippen molar-refractivity contribution in [2.75, 3.05) is 6.54 Å². The Hall–Kier alpha value is -2.08. The van der Waals surface area contributed by atoms with E-state index in [0.717, 1.165) is 18.5 Å². The van der Waals surface area contributed by atoms with Crippen molar-refractivity contribution in [3.8, 4) is 0 Å². The predicted molar refractivity (Wildman–Crippen MR) is 75.9 cm³/mol. The number of aryl methyl sites for hydroxylation is 1. The highest BCUT2D eigenvalue weighted by molar-refractivity contribution is 5.91. The molecule has 1 aromatic heterocycles. The molecule has 3 N–H and O–H groups in total. The second-order valence-electron chi connectivity index (χ2n) is 4.51. The molecule has 0 aliphatic rings. The van der Waals surface area contributed by atoms with Crippen molar-refractivity contribution in [2.24, 2.45) is 7.05 Å². The van der Waals surface area contributed by atoms with E-state index >= 15 is 0 Å². The van der Waals surface area contributed by atoms with Crippen molar-refractivity contribution in [3.05, 3.63) is 30.1 Å². The molecule has 0 fully saturated rings. The van der Waals surface area contributed by atoms with Gasteiger partial charge in [-0.1, -0.05) is 6.42 Å². The van der Waals surface area contributed by atoms with Gasteiger partial charge in [0.25, 0.3) is 0 Å². The largest absolute Gasteiger partial charge is 0.353 e. The van der Waals surface area contributed by atoms with Crippen LogP contribution >= 0.6 is 0 Å². The smallest absolute Gasteiger partial charge is 0.244 e. The molecule has 0 saturated heterocycles. The number of rotatable bonds is 8. The lowest BCUT2D eigenvalue weighted by atomic mass is 10.2. The summed E-state index contributed by atoms with van der Waals surface area (Å²) >= 11 is 0. The van der Waals surface area contributed by atoms with Crippen molar-refractivity contribution in [2.45, 2.75) is 25.7 Å². The zero-order chi connectivity index (χ0) is 14.8. The Morgan fingerprint density at radius 1 is 1.35 bits per heavy atom. The molecule has 1 heterocycles. The zero-order valence-corrected chi connectivity index (χ0v) is 11.6. The monoisotopic (exact) mass is 279 g/mol. The Balaban J connectivity index is 2.10. The first-order valence-corrected chi connectivity index (χ1v) is 6.63. The molecule has 20 heavy (non-hydrogen) atoms. The molecule has 2 amide bonds. The maximum atomic E-state index is 11.5. The predicted octanol–water partition coefficient (Wildman–Crippen LogP) is 1.22. The standard InChI is InChI=1S/C14H21N3O3/c1-17-11-5-6-12(17)8-9-13(18)15-10-4-2-3-7-14(19)16-20/h5-6,8-9,11,20H,2-4,7,10H2,1H3,(H,15,18)(H,16,19)/b9-8+. The number of nitrogens with zero attached hydrogens (tertiary/aromatic N) is 1. The van der Waals surface area contributed by atoms with Crippen LogP contribution in [0.25, 0.3) is 6.08 Å². The number of unbranched alkanes of at least 4 members (excludes halogenated alkanes) is 2. The normalized spacial score (nSPS) is 10.7. The summed E-state index contributed by atoms with van der Waals surface area (Å²) in [5, 5.41) is 11.1. The SMILES string of the molecule is Cn1cccc1/C=C/C(=O)NCCCCCC(=O)NO. The van der Waals surface area contributed by atoms with Gasteiger partial charge in [0, 0.05) is 38.0 Å². The Kier molecular flexibility index (Phi) is 7.13. The number of amides is 2. The van der Waals surface area contributed by atoms with E-state index in [1.807, 2.05) is 29.9 Å². The van der Waals surface area contributed by atoms with Gasteiger partial charge < -0.3 is 9.88 Å². The van der Waals surface area contributed by atoms with Crippen molar-refractivity contribution < 1.29 is 14.8 Å². The quantitative estimate of drug-likeness (QED) is 0.289. The summed E-state index contributed by atoms with van der Waals surface area (Å²) in [4.78, 5) is 22.3.